The summed E-state index contributed by atoms with van der Waals surface area (Å²) in [6, 6.07) is 18.9. The van der Waals surface area contributed by atoms with Gasteiger partial charge in [0, 0.05) is 16.7 Å². The van der Waals surface area contributed by atoms with Gasteiger partial charge in [0.05, 0.1) is 0 Å². The summed E-state index contributed by atoms with van der Waals surface area (Å²) >= 11 is 0. The lowest BCUT2D eigenvalue weighted by molar-refractivity contribution is 0.302. The Labute approximate surface area is 141 Å². The van der Waals surface area contributed by atoms with Gasteiger partial charge in [0.2, 0.25) is 0 Å². The van der Waals surface area contributed by atoms with E-state index in [4.69, 9.17) is 0 Å². The Morgan fingerprint density at radius 2 is 1.30 bits per heavy atom. The lowest BCUT2D eigenvalue weighted by atomic mass is 9.81. The molecule has 1 N–H and O–H groups in total. The maximum absolute atomic E-state index is 3.57. The molecule has 23 heavy (non-hydrogen) atoms. The summed E-state index contributed by atoms with van der Waals surface area (Å²) in [5, 5.41) is 3.57. The molecule has 0 aliphatic heterocycles. The molecule has 2 rings (SSSR count). The molecule has 0 atom stereocenters. The molecule has 2 aromatic rings. The first-order chi connectivity index (χ1) is 11.2. The lowest BCUT2D eigenvalue weighted by Crippen LogP contribution is -2.39. The van der Waals surface area contributed by atoms with E-state index in [-0.39, 0.29) is 5.54 Å². The Balaban J connectivity index is 2.22. The minimum atomic E-state index is 0.0922. The van der Waals surface area contributed by atoms with E-state index in [2.05, 4.69) is 62.3 Å². The highest BCUT2D eigenvalue weighted by molar-refractivity contribution is 5.44. The zero-order valence-corrected chi connectivity index (χ0v) is 14.5. The molecule has 0 amide bonds. The molecule has 0 saturated heterocycles. The lowest BCUT2D eigenvalue weighted by Gasteiger charge is -2.34. The number of hydrogen-bond acceptors (Lipinski definition) is 1. The second-order valence-corrected chi connectivity index (χ2v) is 6.03. The van der Waals surface area contributed by atoms with Crippen LogP contribution < -0.4 is 5.32 Å². The van der Waals surface area contributed by atoms with Crippen molar-refractivity contribution in [2.75, 3.05) is 7.05 Å². The average molecular weight is 305 g/mol. The molecule has 0 bridgehead atoms. The van der Waals surface area contributed by atoms with Gasteiger partial charge in [-0.05, 0) is 49.7 Å². The molecular weight excluding hydrogens is 278 g/mol. The Morgan fingerprint density at radius 1 is 0.783 bits per heavy atom. The van der Waals surface area contributed by atoms with Crippen molar-refractivity contribution in [2.24, 2.45) is 0 Å². The zero-order chi connectivity index (χ0) is 16.5. The molecule has 0 aliphatic rings. The fourth-order valence-corrected chi connectivity index (χ4v) is 3.20. The summed E-state index contributed by atoms with van der Waals surface area (Å²) in [7, 11) is 2.08. The average Bonchev–Trinajstić information content (AvgIpc) is 2.61. The first kappa shape index (κ1) is 17.3. The Hall–Kier alpha value is -2.04. The van der Waals surface area contributed by atoms with Gasteiger partial charge < -0.3 is 5.32 Å². The van der Waals surface area contributed by atoms with Crippen LogP contribution in [-0.4, -0.2) is 7.05 Å². The van der Waals surface area contributed by atoms with E-state index < -0.39 is 0 Å². The fraction of sp³-hybridized carbons (Fsp3) is 0.364. The van der Waals surface area contributed by atoms with Gasteiger partial charge in [-0.3, -0.25) is 0 Å². The van der Waals surface area contributed by atoms with Crippen LogP contribution in [0.4, 0.5) is 0 Å². The summed E-state index contributed by atoms with van der Waals surface area (Å²) in [6.45, 7) is 4.50. The summed E-state index contributed by atoms with van der Waals surface area (Å²) in [5.41, 5.74) is 3.58. The van der Waals surface area contributed by atoms with Crippen molar-refractivity contribution >= 4 is 0 Å². The number of hydrogen-bond donors (Lipinski definition) is 1. The maximum Gasteiger partial charge on any atom is 0.0432 e. The number of benzene rings is 2. The molecule has 120 valence electrons. The van der Waals surface area contributed by atoms with Gasteiger partial charge in [-0.2, -0.15) is 0 Å². The van der Waals surface area contributed by atoms with Crippen molar-refractivity contribution in [2.45, 2.75) is 45.1 Å². The minimum Gasteiger partial charge on any atom is -0.310 e. The highest BCUT2D eigenvalue weighted by Gasteiger charge is 2.28. The van der Waals surface area contributed by atoms with Gasteiger partial charge in [0.15, 0.2) is 0 Å². The Bertz CT molecular complexity index is 638. The summed E-state index contributed by atoms with van der Waals surface area (Å²) in [4.78, 5) is 0. The van der Waals surface area contributed by atoms with Gasteiger partial charge in [-0.15, -0.1) is 0 Å². The third kappa shape index (κ3) is 4.47. The molecule has 0 radical (unpaired) electrons. The van der Waals surface area contributed by atoms with Crippen LogP contribution in [0.25, 0.3) is 0 Å². The van der Waals surface area contributed by atoms with E-state index in [0.29, 0.717) is 0 Å². The smallest absolute Gasteiger partial charge is 0.0432 e. The van der Waals surface area contributed by atoms with Crippen molar-refractivity contribution in [3.05, 3.63) is 71.3 Å². The third-order valence-electron chi connectivity index (χ3n) is 4.39. The Morgan fingerprint density at radius 3 is 1.78 bits per heavy atom. The predicted octanol–water partition coefficient (Wildman–Crippen LogP) is 5.10. The van der Waals surface area contributed by atoms with Crippen LogP contribution in [0.3, 0.4) is 0 Å². The van der Waals surface area contributed by atoms with Crippen molar-refractivity contribution in [1.29, 1.82) is 0 Å². The van der Waals surface area contributed by atoms with Crippen molar-refractivity contribution in [3.8, 4) is 11.8 Å². The van der Waals surface area contributed by atoms with Crippen LogP contribution in [0.1, 0.15) is 56.2 Å². The molecule has 0 fully saturated rings. The van der Waals surface area contributed by atoms with Gasteiger partial charge in [0.25, 0.3) is 0 Å². The van der Waals surface area contributed by atoms with Crippen LogP contribution in [0.2, 0.25) is 0 Å². The monoisotopic (exact) mass is 305 g/mol. The third-order valence-corrected chi connectivity index (χ3v) is 4.39. The molecule has 1 heteroatoms. The molecule has 1 nitrogen and oxygen atoms in total. The van der Waals surface area contributed by atoms with Crippen LogP contribution in [0, 0.1) is 11.8 Å². The first-order valence-corrected chi connectivity index (χ1v) is 8.60. The SMILES string of the molecule is CCCC(CCC)(NC)c1ccc(C#Cc2ccccc2)cc1. The van der Waals surface area contributed by atoms with Crippen molar-refractivity contribution in [1.82, 2.24) is 5.32 Å². The number of nitrogens with one attached hydrogen (secondary N) is 1. The number of rotatable bonds is 6. The largest absolute Gasteiger partial charge is 0.310 e. The van der Waals surface area contributed by atoms with Gasteiger partial charge >= 0.3 is 0 Å². The first-order valence-electron chi connectivity index (χ1n) is 8.60. The van der Waals surface area contributed by atoms with E-state index in [0.717, 1.165) is 24.0 Å². The van der Waals surface area contributed by atoms with Crippen LogP contribution >= 0.6 is 0 Å². The van der Waals surface area contributed by atoms with E-state index >= 15 is 0 Å². The quantitative estimate of drug-likeness (QED) is 0.732. The van der Waals surface area contributed by atoms with Gasteiger partial charge in [0.1, 0.15) is 0 Å². The van der Waals surface area contributed by atoms with E-state index in [1.807, 2.05) is 30.3 Å². The van der Waals surface area contributed by atoms with Crippen LogP contribution in [-0.2, 0) is 5.54 Å². The zero-order valence-electron chi connectivity index (χ0n) is 14.5. The summed E-state index contributed by atoms with van der Waals surface area (Å²) in [5.74, 6) is 6.47. The summed E-state index contributed by atoms with van der Waals surface area (Å²) in [6.07, 6.45) is 4.67. The highest BCUT2D eigenvalue weighted by Crippen LogP contribution is 2.31. The molecule has 0 spiro atoms. The van der Waals surface area contributed by atoms with Crippen LogP contribution in [0.15, 0.2) is 54.6 Å². The Kier molecular flexibility index (Phi) is 6.44. The van der Waals surface area contributed by atoms with Crippen LogP contribution in [0.5, 0.6) is 0 Å². The minimum absolute atomic E-state index is 0.0922. The standard InChI is InChI=1S/C22H27N/c1-4-17-22(23-3,18-5-2)21-15-13-20(14-16-21)12-11-19-9-7-6-8-10-19/h6-10,13-16,23H,4-5,17-18H2,1-3H3. The normalized spacial score (nSPS) is 10.9. The second-order valence-electron chi connectivity index (χ2n) is 6.03. The van der Waals surface area contributed by atoms with E-state index in [1.165, 1.54) is 18.4 Å². The summed E-state index contributed by atoms with van der Waals surface area (Å²) < 4.78 is 0. The fourth-order valence-electron chi connectivity index (χ4n) is 3.20. The van der Waals surface area contributed by atoms with E-state index in [9.17, 15) is 0 Å². The molecule has 2 aromatic carbocycles. The van der Waals surface area contributed by atoms with E-state index in [1.54, 1.807) is 0 Å². The van der Waals surface area contributed by atoms with Gasteiger partial charge in [-0.1, -0.05) is 68.9 Å². The van der Waals surface area contributed by atoms with Crippen molar-refractivity contribution < 1.29 is 0 Å². The molecule has 0 saturated carbocycles. The molecule has 0 aromatic heterocycles. The predicted molar refractivity (Wildman–Crippen MR) is 99.4 cm³/mol. The second kappa shape index (κ2) is 8.56. The molecule has 0 aliphatic carbocycles. The van der Waals surface area contributed by atoms with Gasteiger partial charge in [-0.25, -0.2) is 0 Å². The highest BCUT2D eigenvalue weighted by atomic mass is 14.9. The van der Waals surface area contributed by atoms with Crippen molar-refractivity contribution in [3.63, 3.8) is 0 Å². The molecular formula is C22H27N. The molecule has 0 heterocycles. The molecule has 0 unspecified atom stereocenters. The topological polar surface area (TPSA) is 12.0 Å². The maximum atomic E-state index is 3.57.